The lowest BCUT2D eigenvalue weighted by Gasteiger charge is -2.41. The van der Waals surface area contributed by atoms with Crippen LogP contribution in [0.5, 0.6) is 0 Å². The molecule has 1 aromatic heterocycles. The predicted octanol–water partition coefficient (Wildman–Crippen LogP) is 10.8. The molecule has 1 fully saturated rings. The molecule has 0 radical (unpaired) electrons. The van der Waals surface area contributed by atoms with Crippen molar-refractivity contribution in [1.82, 2.24) is 15.6 Å². The third-order valence-electron chi connectivity index (χ3n) is 10.4. The molecule has 2 heterocycles. The van der Waals surface area contributed by atoms with E-state index in [9.17, 15) is 9.90 Å². The highest BCUT2D eigenvalue weighted by molar-refractivity contribution is 7.99. The Balaban J connectivity index is 0.983. The van der Waals surface area contributed by atoms with Crippen LogP contribution < -0.4 is 10.6 Å². The number of hydrogen-bond donors (Lipinski definition) is 3. The first kappa shape index (κ1) is 38.9. The van der Waals surface area contributed by atoms with E-state index in [2.05, 4.69) is 54.0 Å². The minimum atomic E-state index is -0.618. The number of benzene rings is 6. The van der Waals surface area contributed by atoms with Gasteiger partial charge in [-0.05, 0) is 39.4 Å². The van der Waals surface area contributed by atoms with E-state index in [0.717, 1.165) is 61.5 Å². The van der Waals surface area contributed by atoms with Crippen LogP contribution in [0.3, 0.4) is 0 Å². The number of aliphatic hydroxyl groups is 1. The number of carbonyl (C=O) groups is 1. The van der Waals surface area contributed by atoms with Crippen LogP contribution in [0, 0.1) is 5.92 Å². The van der Waals surface area contributed by atoms with Gasteiger partial charge in [-0.3, -0.25) is 0 Å². The van der Waals surface area contributed by atoms with Crippen LogP contribution in [0.2, 0.25) is 0 Å². The Morgan fingerprint density at radius 2 is 1.24 bits per heavy atom. The molecule has 6 aromatic carbocycles. The second-order valence-electron chi connectivity index (χ2n) is 14.4. The van der Waals surface area contributed by atoms with Crippen LogP contribution in [0.4, 0.5) is 4.79 Å². The first-order valence-corrected chi connectivity index (χ1v) is 20.5. The molecule has 0 saturated carbocycles. The van der Waals surface area contributed by atoms with Gasteiger partial charge in [0.2, 0.25) is 0 Å². The number of ether oxygens (including phenoxy) is 2. The molecular formula is C49H45N3O5S. The topological polar surface area (TPSA) is 106 Å². The molecule has 292 valence electrons. The molecule has 0 bridgehead atoms. The molecule has 9 heteroatoms. The number of carbonyl (C=O) groups excluding carboxylic acids is 1. The van der Waals surface area contributed by atoms with Gasteiger partial charge >= 0.3 is 6.03 Å². The average molecular weight is 788 g/mol. The molecule has 8 nitrogen and oxygen atoms in total. The van der Waals surface area contributed by atoms with Gasteiger partial charge in [-0.2, -0.15) is 0 Å². The number of amides is 2. The Kier molecular flexibility index (Phi) is 12.4. The fourth-order valence-corrected chi connectivity index (χ4v) is 8.11. The molecule has 1 aliphatic rings. The molecule has 4 atom stereocenters. The van der Waals surface area contributed by atoms with E-state index >= 15 is 0 Å². The highest BCUT2D eigenvalue weighted by Crippen LogP contribution is 2.44. The smallest absolute Gasteiger partial charge is 0.315 e. The van der Waals surface area contributed by atoms with Crippen molar-refractivity contribution in [3.63, 3.8) is 0 Å². The summed E-state index contributed by atoms with van der Waals surface area (Å²) >= 11 is 1.54. The number of aliphatic hydroxyl groups excluding tert-OH is 1. The summed E-state index contributed by atoms with van der Waals surface area (Å²) in [4.78, 5) is 17.5. The van der Waals surface area contributed by atoms with Crippen molar-refractivity contribution in [2.24, 2.45) is 5.92 Å². The van der Waals surface area contributed by atoms with Crippen LogP contribution in [-0.4, -0.2) is 28.0 Å². The van der Waals surface area contributed by atoms with Gasteiger partial charge in [0.1, 0.15) is 5.69 Å². The summed E-state index contributed by atoms with van der Waals surface area (Å²) in [5.74, 6) is 1.33. The fraction of sp³-hybridized carbons (Fsp3) is 0.184. The quantitative estimate of drug-likeness (QED) is 0.0999. The summed E-state index contributed by atoms with van der Waals surface area (Å²) in [7, 11) is 0. The number of hydrogen-bond acceptors (Lipinski definition) is 7. The van der Waals surface area contributed by atoms with Gasteiger partial charge in [-0.15, -0.1) is 0 Å². The van der Waals surface area contributed by atoms with Crippen LogP contribution in [-0.2, 0) is 29.2 Å². The van der Waals surface area contributed by atoms with Crippen molar-refractivity contribution in [3.8, 4) is 33.7 Å². The summed E-state index contributed by atoms with van der Waals surface area (Å²) in [6, 6.07) is 54.2. The number of thioether (sulfide) groups is 1. The third kappa shape index (κ3) is 9.41. The summed E-state index contributed by atoms with van der Waals surface area (Å²) in [5.41, 5.74) is 9.68. The average Bonchev–Trinajstić information content (AvgIpc) is 3.73. The van der Waals surface area contributed by atoms with Crippen LogP contribution in [0.25, 0.3) is 33.7 Å². The second-order valence-corrected chi connectivity index (χ2v) is 15.3. The number of nitrogens with zero attached hydrogens (tertiary/aromatic N) is 1. The molecule has 3 N–H and O–H groups in total. The van der Waals surface area contributed by atoms with E-state index in [4.69, 9.17) is 18.9 Å². The predicted molar refractivity (Wildman–Crippen MR) is 228 cm³/mol. The number of aromatic nitrogens is 1. The van der Waals surface area contributed by atoms with Crippen LogP contribution in [0.1, 0.15) is 47.1 Å². The molecule has 1 aliphatic heterocycles. The Morgan fingerprint density at radius 3 is 1.93 bits per heavy atom. The molecule has 8 rings (SSSR count). The van der Waals surface area contributed by atoms with Crippen LogP contribution in [0.15, 0.2) is 173 Å². The zero-order chi connectivity index (χ0) is 39.7. The molecule has 58 heavy (non-hydrogen) atoms. The van der Waals surface area contributed by atoms with Crippen molar-refractivity contribution in [2.75, 3.05) is 5.75 Å². The van der Waals surface area contributed by atoms with Crippen molar-refractivity contribution in [3.05, 3.63) is 192 Å². The highest BCUT2D eigenvalue weighted by Gasteiger charge is 2.38. The van der Waals surface area contributed by atoms with Crippen molar-refractivity contribution < 1.29 is 23.8 Å². The van der Waals surface area contributed by atoms with Gasteiger partial charge in [0, 0.05) is 41.5 Å². The van der Waals surface area contributed by atoms with Gasteiger partial charge in [0.15, 0.2) is 12.1 Å². The lowest BCUT2D eigenvalue weighted by atomic mass is 9.91. The van der Waals surface area contributed by atoms with Crippen molar-refractivity contribution >= 4 is 17.8 Å². The number of oxazole rings is 1. The minimum Gasteiger partial charge on any atom is -0.431 e. The number of nitrogens with one attached hydrogen (secondary N) is 2. The van der Waals surface area contributed by atoms with E-state index in [1.807, 2.05) is 127 Å². The number of rotatable bonds is 13. The van der Waals surface area contributed by atoms with Gasteiger partial charge in [0.05, 0.1) is 18.8 Å². The van der Waals surface area contributed by atoms with Gasteiger partial charge < -0.3 is 29.6 Å². The van der Waals surface area contributed by atoms with E-state index in [0.29, 0.717) is 24.1 Å². The Bertz CT molecular complexity index is 2330. The van der Waals surface area contributed by atoms with E-state index in [1.165, 1.54) is 0 Å². The fourth-order valence-electron chi connectivity index (χ4n) is 7.12. The molecule has 7 aromatic rings. The normalized spacial score (nSPS) is 17.8. The highest BCUT2D eigenvalue weighted by atomic mass is 32.2. The lowest BCUT2D eigenvalue weighted by molar-refractivity contribution is -0.268. The maximum absolute atomic E-state index is 12.5. The lowest BCUT2D eigenvalue weighted by Crippen LogP contribution is -2.38. The summed E-state index contributed by atoms with van der Waals surface area (Å²) in [5, 5.41) is 16.2. The zero-order valence-corrected chi connectivity index (χ0v) is 33.0. The third-order valence-corrected chi connectivity index (χ3v) is 11.3. The maximum Gasteiger partial charge on any atom is 0.315 e. The van der Waals surface area contributed by atoms with Crippen LogP contribution >= 0.6 is 11.8 Å². The van der Waals surface area contributed by atoms with E-state index in [-0.39, 0.29) is 30.8 Å². The molecule has 1 saturated heterocycles. The van der Waals surface area contributed by atoms with Gasteiger partial charge in [-0.1, -0.05) is 176 Å². The SMILES string of the molecule is C[C@H]1[C@@H](CSc2nc(-c3ccccc3)c(-c3ccccc3)o2)O[C@@H](c2ccc(-c3cccc(CNC(=O)NCc4ccccc4)c3)cc2)O[C@H]1c1ccc(CO)cc1. The Hall–Kier alpha value is -5.97. The van der Waals surface area contributed by atoms with Crippen molar-refractivity contribution in [1.29, 1.82) is 0 Å². The molecule has 0 spiro atoms. The summed E-state index contributed by atoms with van der Waals surface area (Å²) in [6.45, 7) is 3.01. The molecule has 0 unspecified atom stereocenters. The van der Waals surface area contributed by atoms with Gasteiger partial charge in [-0.25, -0.2) is 9.78 Å². The van der Waals surface area contributed by atoms with E-state index < -0.39 is 6.29 Å². The summed E-state index contributed by atoms with van der Waals surface area (Å²) < 4.78 is 20.0. The Labute approximate surface area is 343 Å². The minimum absolute atomic E-state index is 0.00285. The monoisotopic (exact) mass is 787 g/mol. The first-order chi connectivity index (χ1) is 28.5. The second kappa shape index (κ2) is 18.5. The van der Waals surface area contributed by atoms with Gasteiger partial charge in [0.25, 0.3) is 5.22 Å². The largest absolute Gasteiger partial charge is 0.431 e. The molecule has 0 aliphatic carbocycles. The number of urea groups is 1. The van der Waals surface area contributed by atoms with Crippen molar-refractivity contribution in [2.45, 2.75) is 50.3 Å². The summed E-state index contributed by atoms with van der Waals surface area (Å²) in [6.07, 6.45) is -1.07. The first-order valence-electron chi connectivity index (χ1n) is 19.5. The van der Waals surface area contributed by atoms with E-state index in [1.54, 1.807) is 11.8 Å². The Morgan fingerprint density at radius 1 is 0.638 bits per heavy atom. The maximum atomic E-state index is 12.5. The standard InChI is InChI=1S/C49H45N3O5S/c1-33-43(32-58-49-52-44(38-15-7-3-8-16-38)46(57-49)39-17-9-4-10-18-39)55-47(56-45(33)40-22-20-35(31-53)21-23-40)41-26-24-37(25-27-41)42-19-11-14-36(28-42)30-51-48(54)50-29-34-12-5-2-6-13-34/h2-28,33,43,45,47,53H,29-32H2,1H3,(H2,50,51,54)/t33-,43+,45+,47+/m0/s1. The zero-order valence-electron chi connectivity index (χ0n) is 32.2. The molecule has 2 amide bonds. The molecular weight excluding hydrogens is 743 g/mol.